The first-order chi connectivity index (χ1) is 19.8. The minimum Gasteiger partial charge on any atom is -0.493 e. The molecule has 1 fully saturated rings. The standard InChI is InChI=1S/C26H16ClF4N3O7S/c1-40-21-8-13(2-6-20(21)41-19-7-3-14(26(29,30)31)10-18(19)34(38)39)9-22-24(36)33(25(37)42-22)12-23(35)32-15-4-5-17(28)16(27)11-15/h2-11H,12H2,1H3,(H,32,35)/b22-9+. The molecule has 42 heavy (non-hydrogen) atoms. The van der Waals surface area contributed by atoms with Gasteiger partial charge in [-0.05, 0) is 65.9 Å². The molecule has 0 radical (unpaired) electrons. The number of rotatable bonds is 8. The fourth-order valence-electron chi connectivity index (χ4n) is 3.61. The molecule has 0 saturated carbocycles. The van der Waals surface area contributed by atoms with Crippen LogP contribution in [-0.2, 0) is 15.8 Å². The van der Waals surface area contributed by atoms with Gasteiger partial charge in [0.25, 0.3) is 11.1 Å². The Kier molecular flexibility index (Phi) is 8.72. The second-order valence-corrected chi connectivity index (χ2v) is 9.80. The van der Waals surface area contributed by atoms with Gasteiger partial charge in [0.1, 0.15) is 12.4 Å². The highest BCUT2D eigenvalue weighted by molar-refractivity contribution is 8.18. The molecular formula is C26H16ClF4N3O7S. The number of hydrogen-bond donors (Lipinski definition) is 1. The number of alkyl halides is 3. The molecular weight excluding hydrogens is 610 g/mol. The van der Waals surface area contributed by atoms with Crippen LogP contribution in [0.4, 0.5) is 33.7 Å². The molecule has 16 heteroatoms. The molecule has 0 unspecified atom stereocenters. The summed E-state index contributed by atoms with van der Waals surface area (Å²) in [4.78, 5) is 48.7. The van der Waals surface area contributed by atoms with Gasteiger partial charge in [-0.1, -0.05) is 17.7 Å². The van der Waals surface area contributed by atoms with Crippen LogP contribution in [0, 0.1) is 15.9 Å². The lowest BCUT2D eigenvalue weighted by molar-refractivity contribution is -0.385. The summed E-state index contributed by atoms with van der Waals surface area (Å²) in [6.07, 6.45) is -3.47. The molecule has 0 bridgehead atoms. The van der Waals surface area contributed by atoms with Crippen LogP contribution in [0.5, 0.6) is 17.2 Å². The first-order valence-corrected chi connectivity index (χ1v) is 12.7. The van der Waals surface area contributed by atoms with E-state index in [1.807, 2.05) is 0 Å². The number of carbonyl (C=O) groups excluding carboxylic acids is 3. The van der Waals surface area contributed by atoms with Crippen molar-refractivity contribution in [1.82, 2.24) is 4.90 Å². The summed E-state index contributed by atoms with van der Waals surface area (Å²) in [5, 5.41) is 12.8. The molecule has 1 N–H and O–H groups in total. The first-order valence-electron chi connectivity index (χ1n) is 11.5. The molecule has 0 aliphatic carbocycles. The number of benzene rings is 3. The monoisotopic (exact) mass is 625 g/mol. The van der Waals surface area contributed by atoms with Crippen LogP contribution in [0.3, 0.4) is 0 Å². The van der Waals surface area contributed by atoms with Gasteiger partial charge in [0.2, 0.25) is 11.7 Å². The molecule has 3 aromatic carbocycles. The number of thioether (sulfide) groups is 1. The average Bonchev–Trinajstić information content (AvgIpc) is 3.18. The molecule has 3 aromatic rings. The van der Waals surface area contributed by atoms with E-state index in [0.717, 1.165) is 12.1 Å². The Morgan fingerprint density at radius 2 is 1.81 bits per heavy atom. The summed E-state index contributed by atoms with van der Waals surface area (Å²) in [7, 11) is 1.24. The van der Waals surface area contributed by atoms with E-state index in [-0.39, 0.29) is 27.1 Å². The zero-order valence-corrected chi connectivity index (χ0v) is 22.6. The Balaban J connectivity index is 1.51. The number of nitro benzene ring substituents is 1. The van der Waals surface area contributed by atoms with Gasteiger partial charge < -0.3 is 14.8 Å². The predicted octanol–water partition coefficient (Wildman–Crippen LogP) is 6.88. The number of halogens is 5. The zero-order chi connectivity index (χ0) is 30.8. The van der Waals surface area contributed by atoms with Crippen molar-refractivity contribution in [3.8, 4) is 17.2 Å². The van der Waals surface area contributed by atoms with Crippen molar-refractivity contribution in [3.63, 3.8) is 0 Å². The van der Waals surface area contributed by atoms with Crippen molar-refractivity contribution in [2.45, 2.75) is 6.18 Å². The van der Waals surface area contributed by atoms with Gasteiger partial charge >= 0.3 is 11.9 Å². The minimum atomic E-state index is -4.80. The highest BCUT2D eigenvalue weighted by atomic mass is 35.5. The second kappa shape index (κ2) is 12.1. The number of anilines is 1. The third-order valence-electron chi connectivity index (χ3n) is 5.57. The minimum absolute atomic E-state index is 0.00881. The molecule has 0 aromatic heterocycles. The number of imide groups is 1. The van der Waals surface area contributed by atoms with E-state index in [4.69, 9.17) is 21.1 Å². The van der Waals surface area contributed by atoms with Crippen molar-refractivity contribution < 1.29 is 46.3 Å². The number of nitro groups is 1. The van der Waals surface area contributed by atoms with Gasteiger partial charge in [-0.25, -0.2) is 4.39 Å². The normalized spacial score (nSPS) is 14.3. The highest BCUT2D eigenvalue weighted by Gasteiger charge is 2.36. The van der Waals surface area contributed by atoms with Gasteiger partial charge in [-0.15, -0.1) is 0 Å². The summed E-state index contributed by atoms with van der Waals surface area (Å²) in [5.74, 6) is -2.74. The fraction of sp³-hybridized carbons (Fsp3) is 0.115. The molecule has 4 rings (SSSR count). The van der Waals surface area contributed by atoms with Crippen molar-refractivity contribution in [1.29, 1.82) is 0 Å². The van der Waals surface area contributed by atoms with Crippen molar-refractivity contribution >= 4 is 57.9 Å². The number of nitrogens with one attached hydrogen (secondary N) is 1. The van der Waals surface area contributed by atoms with Gasteiger partial charge in [0, 0.05) is 11.8 Å². The lowest BCUT2D eigenvalue weighted by Crippen LogP contribution is -2.36. The molecule has 1 saturated heterocycles. The van der Waals surface area contributed by atoms with Crippen molar-refractivity contribution in [2.75, 3.05) is 19.0 Å². The third-order valence-corrected chi connectivity index (χ3v) is 6.76. The third kappa shape index (κ3) is 6.80. The summed E-state index contributed by atoms with van der Waals surface area (Å²) < 4.78 is 63.0. The summed E-state index contributed by atoms with van der Waals surface area (Å²) in [6.45, 7) is -0.626. The second-order valence-electron chi connectivity index (χ2n) is 8.39. The predicted molar refractivity (Wildman–Crippen MR) is 144 cm³/mol. The van der Waals surface area contributed by atoms with Crippen LogP contribution < -0.4 is 14.8 Å². The maximum absolute atomic E-state index is 13.3. The van der Waals surface area contributed by atoms with E-state index in [9.17, 15) is 42.1 Å². The lowest BCUT2D eigenvalue weighted by Gasteiger charge is -2.13. The zero-order valence-electron chi connectivity index (χ0n) is 21.0. The molecule has 10 nitrogen and oxygen atoms in total. The van der Waals surface area contributed by atoms with E-state index >= 15 is 0 Å². The van der Waals surface area contributed by atoms with Gasteiger partial charge in [-0.2, -0.15) is 13.2 Å². The summed E-state index contributed by atoms with van der Waals surface area (Å²) >= 11 is 6.25. The quantitative estimate of drug-likeness (QED) is 0.124. The van der Waals surface area contributed by atoms with E-state index < -0.39 is 57.5 Å². The van der Waals surface area contributed by atoms with E-state index in [1.54, 1.807) is 0 Å². The van der Waals surface area contributed by atoms with Crippen LogP contribution in [0.2, 0.25) is 5.02 Å². The number of amides is 3. The molecule has 1 heterocycles. The maximum Gasteiger partial charge on any atom is 0.416 e. The van der Waals surface area contributed by atoms with Crippen LogP contribution in [0.25, 0.3) is 6.08 Å². The average molecular weight is 626 g/mol. The number of nitrogens with zero attached hydrogens (tertiary/aromatic N) is 2. The van der Waals surface area contributed by atoms with Crippen LogP contribution in [-0.4, -0.2) is 40.5 Å². The van der Waals surface area contributed by atoms with E-state index in [0.29, 0.717) is 34.4 Å². The summed E-state index contributed by atoms with van der Waals surface area (Å²) in [5.41, 5.74) is -1.66. The molecule has 3 amide bonds. The Hall–Kier alpha value is -4.63. The van der Waals surface area contributed by atoms with Crippen LogP contribution >= 0.6 is 23.4 Å². The maximum atomic E-state index is 13.3. The largest absolute Gasteiger partial charge is 0.493 e. The fourth-order valence-corrected chi connectivity index (χ4v) is 4.62. The van der Waals surface area contributed by atoms with Crippen LogP contribution in [0.1, 0.15) is 11.1 Å². The molecule has 1 aliphatic heterocycles. The smallest absolute Gasteiger partial charge is 0.416 e. The number of ether oxygens (including phenoxy) is 2. The number of methoxy groups -OCH3 is 1. The Bertz CT molecular complexity index is 1650. The van der Waals surface area contributed by atoms with E-state index in [1.165, 1.54) is 43.5 Å². The number of hydrogen-bond acceptors (Lipinski definition) is 8. The lowest BCUT2D eigenvalue weighted by atomic mass is 10.1. The van der Waals surface area contributed by atoms with Gasteiger partial charge in [0.05, 0.1) is 27.5 Å². The van der Waals surface area contributed by atoms with Crippen molar-refractivity contribution in [2.24, 2.45) is 0 Å². The van der Waals surface area contributed by atoms with Crippen molar-refractivity contribution in [3.05, 3.63) is 91.6 Å². The first kappa shape index (κ1) is 30.3. The van der Waals surface area contributed by atoms with E-state index in [2.05, 4.69) is 5.32 Å². The summed E-state index contributed by atoms with van der Waals surface area (Å²) in [6, 6.07) is 9.33. The Morgan fingerprint density at radius 3 is 2.45 bits per heavy atom. The molecule has 218 valence electrons. The Labute approximate surface area is 243 Å². The molecule has 0 atom stereocenters. The highest BCUT2D eigenvalue weighted by Crippen LogP contribution is 2.41. The molecule has 0 spiro atoms. The topological polar surface area (TPSA) is 128 Å². The van der Waals surface area contributed by atoms with Gasteiger partial charge in [-0.3, -0.25) is 29.4 Å². The molecule has 1 aliphatic rings. The Morgan fingerprint density at radius 1 is 1.10 bits per heavy atom. The number of carbonyl (C=O) groups is 3. The van der Waals surface area contributed by atoms with Crippen LogP contribution in [0.15, 0.2) is 59.5 Å². The van der Waals surface area contributed by atoms with Gasteiger partial charge in [0.15, 0.2) is 11.5 Å². The SMILES string of the molecule is COc1cc(/C=C2/SC(=O)N(CC(=O)Nc3ccc(F)c(Cl)c3)C2=O)ccc1Oc1ccc(C(F)(F)F)cc1[N+](=O)[O-].